The van der Waals surface area contributed by atoms with Crippen LogP contribution >= 0.6 is 0 Å². The van der Waals surface area contributed by atoms with Crippen LogP contribution in [-0.2, 0) is 5.41 Å². The second-order valence-corrected chi connectivity index (χ2v) is 17.8. The summed E-state index contributed by atoms with van der Waals surface area (Å²) in [5.74, 6) is 0. The summed E-state index contributed by atoms with van der Waals surface area (Å²) < 4.78 is 6.85. The van der Waals surface area contributed by atoms with Gasteiger partial charge in [0.25, 0.3) is 0 Å². The predicted octanol–water partition coefficient (Wildman–Crippen LogP) is 17.6. The molecule has 1 atom stereocenters. The van der Waals surface area contributed by atoms with Crippen molar-refractivity contribution in [1.82, 2.24) is 0 Å². The Morgan fingerprint density at radius 3 is 1.36 bits per heavy atom. The number of fused-ring (bicyclic) bond motifs is 15. The number of para-hydroxylation sites is 2. The zero-order chi connectivity index (χ0) is 44.1. The van der Waals surface area contributed by atoms with E-state index in [9.17, 15) is 0 Å². The van der Waals surface area contributed by atoms with Gasteiger partial charge in [-0.2, -0.15) is 0 Å². The lowest BCUT2D eigenvalue weighted by atomic mass is 9.70. The summed E-state index contributed by atoms with van der Waals surface area (Å²) in [6.07, 6.45) is 0. The fraction of sp³-hybridized carbons (Fsp3) is 0.0154. The predicted molar refractivity (Wildman–Crippen MR) is 279 cm³/mol. The van der Waals surface area contributed by atoms with E-state index in [1.54, 1.807) is 0 Å². The number of nitrogens with zero attached hydrogens (tertiary/aromatic N) is 1. The Morgan fingerprint density at radius 1 is 0.313 bits per heavy atom. The molecule has 0 radical (unpaired) electrons. The summed E-state index contributed by atoms with van der Waals surface area (Å²) in [5.41, 5.74) is 22.5. The highest BCUT2D eigenvalue weighted by atomic mass is 16.3. The fourth-order valence-corrected chi connectivity index (χ4v) is 11.8. The standard InChI is InChI=1S/C65H41NO/c1-4-19-42(20-5-1)47-29-16-33-57-61(47)51-27-12-14-31-55(51)65(57)56-32-15-13-28-52(56)62-48(30-17-34-58(62)65)43-37-39-44(40-38-43)53-41-54-63-59(66(45-21-6-2-7-22-45)46-23-8-3-9-24-46)35-18-36-60(63)67-64(54)50-26-11-10-25-49(50)53/h1-41H. The summed E-state index contributed by atoms with van der Waals surface area (Å²) in [6.45, 7) is 0. The largest absolute Gasteiger partial charge is 0.455 e. The van der Waals surface area contributed by atoms with Crippen LogP contribution in [0, 0.1) is 0 Å². The van der Waals surface area contributed by atoms with Gasteiger partial charge in [-0.3, -0.25) is 0 Å². The van der Waals surface area contributed by atoms with E-state index in [0.29, 0.717) is 0 Å². The van der Waals surface area contributed by atoms with E-state index < -0.39 is 5.41 Å². The first kappa shape index (κ1) is 37.6. The quantitative estimate of drug-likeness (QED) is 0.166. The maximum Gasteiger partial charge on any atom is 0.143 e. The summed E-state index contributed by atoms with van der Waals surface area (Å²) in [7, 11) is 0. The summed E-state index contributed by atoms with van der Waals surface area (Å²) in [5, 5.41) is 4.45. The second-order valence-electron chi connectivity index (χ2n) is 17.8. The second kappa shape index (κ2) is 14.7. The zero-order valence-electron chi connectivity index (χ0n) is 36.5. The van der Waals surface area contributed by atoms with Crippen molar-refractivity contribution in [3.63, 3.8) is 0 Å². The molecule has 1 spiro atoms. The minimum Gasteiger partial charge on any atom is -0.455 e. The van der Waals surface area contributed by atoms with Crippen LogP contribution in [0.2, 0.25) is 0 Å². The summed E-state index contributed by atoms with van der Waals surface area (Å²) in [6, 6.07) is 91.0. The topological polar surface area (TPSA) is 16.4 Å². The Hall–Kier alpha value is -8.72. The molecule has 0 amide bonds. The zero-order valence-corrected chi connectivity index (χ0v) is 36.5. The number of rotatable bonds is 6. The lowest BCUT2D eigenvalue weighted by Gasteiger charge is -2.30. The Balaban J connectivity index is 0.944. The Bertz CT molecular complexity index is 3870. The highest BCUT2D eigenvalue weighted by molar-refractivity contribution is 6.22. The van der Waals surface area contributed by atoms with Crippen LogP contribution in [0.1, 0.15) is 22.3 Å². The van der Waals surface area contributed by atoms with Gasteiger partial charge in [-0.15, -0.1) is 0 Å². The maximum absolute atomic E-state index is 6.85. The van der Waals surface area contributed by atoms with Gasteiger partial charge < -0.3 is 9.32 Å². The molecule has 2 nitrogen and oxygen atoms in total. The van der Waals surface area contributed by atoms with Crippen LogP contribution in [0.3, 0.4) is 0 Å². The molecule has 0 saturated heterocycles. The lowest BCUT2D eigenvalue weighted by Crippen LogP contribution is -2.25. The third kappa shape index (κ3) is 5.39. The molecule has 1 unspecified atom stereocenters. The van der Waals surface area contributed by atoms with Gasteiger partial charge in [0.15, 0.2) is 0 Å². The first-order valence-electron chi connectivity index (χ1n) is 23.2. The first-order chi connectivity index (χ1) is 33.3. The molecule has 0 N–H and O–H groups in total. The minimum atomic E-state index is -0.449. The number of hydrogen-bond acceptors (Lipinski definition) is 2. The van der Waals surface area contributed by atoms with E-state index in [2.05, 4.69) is 254 Å². The average molecular weight is 852 g/mol. The van der Waals surface area contributed by atoms with Gasteiger partial charge in [-0.05, 0) is 126 Å². The molecule has 12 aromatic rings. The minimum absolute atomic E-state index is 0.449. The fourth-order valence-electron chi connectivity index (χ4n) is 11.8. The maximum atomic E-state index is 6.85. The van der Waals surface area contributed by atoms with Gasteiger partial charge in [0.1, 0.15) is 11.2 Å². The molecule has 2 aliphatic carbocycles. The van der Waals surface area contributed by atoms with Crippen molar-refractivity contribution in [3.05, 3.63) is 271 Å². The molecule has 67 heavy (non-hydrogen) atoms. The normalized spacial score (nSPS) is 14.3. The molecule has 1 aromatic heterocycles. The molecule has 1 heterocycles. The summed E-state index contributed by atoms with van der Waals surface area (Å²) in [4.78, 5) is 2.34. The average Bonchev–Trinajstić information content (AvgIpc) is 4.04. The van der Waals surface area contributed by atoms with Crippen LogP contribution in [0.15, 0.2) is 253 Å². The third-order valence-corrected chi connectivity index (χ3v) is 14.5. The van der Waals surface area contributed by atoms with E-state index in [1.807, 2.05) is 0 Å². The van der Waals surface area contributed by atoms with E-state index in [0.717, 1.165) is 55.3 Å². The molecule has 14 rings (SSSR count). The highest BCUT2D eigenvalue weighted by Gasteiger charge is 2.52. The molecule has 0 bridgehead atoms. The Labute approximate surface area is 389 Å². The van der Waals surface area contributed by atoms with E-state index in [-0.39, 0.29) is 0 Å². The van der Waals surface area contributed by atoms with E-state index >= 15 is 0 Å². The highest BCUT2D eigenvalue weighted by Crippen LogP contribution is 2.65. The van der Waals surface area contributed by atoms with Crippen molar-refractivity contribution in [3.8, 4) is 55.6 Å². The monoisotopic (exact) mass is 851 g/mol. The van der Waals surface area contributed by atoms with Crippen molar-refractivity contribution in [1.29, 1.82) is 0 Å². The lowest BCUT2D eigenvalue weighted by molar-refractivity contribution is 0.672. The molecule has 0 saturated carbocycles. The Kier molecular flexibility index (Phi) is 8.23. The van der Waals surface area contributed by atoms with Crippen LogP contribution < -0.4 is 4.90 Å². The van der Waals surface area contributed by atoms with Gasteiger partial charge >= 0.3 is 0 Å². The van der Waals surface area contributed by atoms with Crippen LogP contribution in [0.25, 0.3) is 88.3 Å². The van der Waals surface area contributed by atoms with Gasteiger partial charge in [0.2, 0.25) is 0 Å². The SMILES string of the molecule is c1ccc(-c2cccc3c2-c2ccccc2C32c3ccccc3-c3c(-c4ccc(-c5cc6c(oc7cccc(N(c8ccccc8)c8ccccc8)c76)c6ccccc56)cc4)cccc32)cc1. The van der Waals surface area contributed by atoms with Crippen molar-refractivity contribution in [2.24, 2.45) is 0 Å². The molecule has 11 aromatic carbocycles. The van der Waals surface area contributed by atoms with Crippen molar-refractivity contribution >= 4 is 49.8 Å². The summed E-state index contributed by atoms with van der Waals surface area (Å²) >= 11 is 0. The smallest absolute Gasteiger partial charge is 0.143 e. The van der Waals surface area contributed by atoms with Crippen LogP contribution in [-0.4, -0.2) is 0 Å². The van der Waals surface area contributed by atoms with Gasteiger partial charge in [-0.25, -0.2) is 0 Å². The van der Waals surface area contributed by atoms with Crippen molar-refractivity contribution in [2.45, 2.75) is 5.41 Å². The van der Waals surface area contributed by atoms with E-state index in [1.165, 1.54) is 72.3 Å². The van der Waals surface area contributed by atoms with Crippen molar-refractivity contribution in [2.75, 3.05) is 4.90 Å². The van der Waals surface area contributed by atoms with Crippen LogP contribution in [0.4, 0.5) is 17.1 Å². The number of hydrogen-bond donors (Lipinski definition) is 0. The van der Waals surface area contributed by atoms with Gasteiger partial charge in [0.05, 0.1) is 16.5 Å². The molecular weight excluding hydrogens is 811 g/mol. The Morgan fingerprint density at radius 2 is 0.761 bits per heavy atom. The number of furan rings is 1. The molecule has 312 valence electrons. The molecular formula is C65H41NO. The third-order valence-electron chi connectivity index (χ3n) is 14.5. The number of anilines is 3. The number of benzene rings is 11. The molecule has 0 fully saturated rings. The van der Waals surface area contributed by atoms with E-state index in [4.69, 9.17) is 4.42 Å². The molecule has 0 aliphatic heterocycles. The van der Waals surface area contributed by atoms with Gasteiger partial charge in [-0.1, -0.05) is 206 Å². The first-order valence-corrected chi connectivity index (χ1v) is 23.2. The molecule has 2 heteroatoms. The van der Waals surface area contributed by atoms with Gasteiger partial charge in [0, 0.05) is 22.1 Å². The van der Waals surface area contributed by atoms with Crippen LogP contribution in [0.5, 0.6) is 0 Å². The van der Waals surface area contributed by atoms with Crippen molar-refractivity contribution < 1.29 is 4.42 Å². The molecule has 2 aliphatic rings.